The van der Waals surface area contributed by atoms with Crippen LogP contribution in [0.3, 0.4) is 0 Å². The average Bonchev–Trinajstić information content (AvgIpc) is 2.69. The molecular formula is C13H11Cl3FNS. The molecule has 0 aliphatic carbocycles. The first-order chi connectivity index (χ1) is 9.04. The van der Waals surface area contributed by atoms with Gasteiger partial charge in [0.2, 0.25) is 0 Å². The lowest BCUT2D eigenvalue weighted by atomic mass is 10.0. The smallest absolute Gasteiger partial charge is 0.146 e. The van der Waals surface area contributed by atoms with Crippen LogP contribution in [0.25, 0.3) is 0 Å². The third-order valence-electron chi connectivity index (χ3n) is 2.69. The van der Waals surface area contributed by atoms with E-state index in [-0.39, 0.29) is 11.1 Å². The van der Waals surface area contributed by atoms with Crippen LogP contribution in [0, 0.1) is 5.82 Å². The molecule has 1 heterocycles. The molecule has 0 bridgehead atoms. The summed E-state index contributed by atoms with van der Waals surface area (Å²) in [6, 6.07) is 6.32. The number of thiophene rings is 1. The van der Waals surface area contributed by atoms with Crippen LogP contribution in [0.15, 0.2) is 24.3 Å². The molecule has 102 valence electrons. The summed E-state index contributed by atoms with van der Waals surface area (Å²) < 4.78 is 15.3. The Kier molecular flexibility index (Phi) is 5.09. The summed E-state index contributed by atoms with van der Waals surface area (Å²) in [5, 5.41) is 3.30. The summed E-state index contributed by atoms with van der Waals surface area (Å²) in [7, 11) is 0. The fraction of sp³-hybridized carbons (Fsp3) is 0.231. The maximum absolute atomic E-state index is 14.2. The zero-order chi connectivity index (χ0) is 14.0. The maximum Gasteiger partial charge on any atom is 0.146 e. The van der Waals surface area contributed by atoms with E-state index in [4.69, 9.17) is 34.8 Å². The molecule has 1 atom stereocenters. The second-order valence-electron chi connectivity index (χ2n) is 3.91. The largest absolute Gasteiger partial charge is 0.306 e. The van der Waals surface area contributed by atoms with Crippen molar-refractivity contribution in [3.8, 4) is 0 Å². The molecule has 2 rings (SSSR count). The van der Waals surface area contributed by atoms with Crippen molar-refractivity contribution >= 4 is 46.1 Å². The van der Waals surface area contributed by atoms with Crippen molar-refractivity contribution in [1.29, 1.82) is 0 Å². The highest BCUT2D eigenvalue weighted by atomic mass is 35.5. The molecule has 0 aliphatic rings. The highest BCUT2D eigenvalue weighted by Crippen LogP contribution is 2.38. The van der Waals surface area contributed by atoms with Gasteiger partial charge in [0.25, 0.3) is 0 Å². The van der Waals surface area contributed by atoms with Crippen LogP contribution in [0.2, 0.25) is 13.7 Å². The van der Waals surface area contributed by atoms with Crippen LogP contribution in [0.1, 0.15) is 24.1 Å². The van der Waals surface area contributed by atoms with E-state index >= 15 is 0 Å². The molecule has 0 saturated heterocycles. The Balaban J connectivity index is 2.51. The molecule has 0 spiro atoms. The SMILES string of the molecule is CCNC(c1cc(Cl)sc1Cl)c1cccc(Cl)c1F. The number of halogens is 4. The van der Waals surface area contributed by atoms with Gasteiger partial charge in [0, 0.05) is 11.1 Å². The van der Waals surface area contributed by atoms with Crippen molar-refractivity contribution in [3.63, 3.8) is 0 Å². The Labute approximate surface area is 130 Å². The van der Waals surface area contributed by atoms with Crippen molar-refractivity contribution in [1.82, 2.24) is 5.32 Å². The predicted molar refractivity (Wildman–Crippen MR) is 81.3 cm³/mol. The highest BCUT2D eigenvalue weighted by Gasteiger charge is 2.22. The van der Waals surface area contributed by atoms with E-state index in [1.807, 2.05) is 6.92 Å². The van der Waals surface area contributed by atoms with Gasteiger partial charge < -0.3 is 5.32 Å². The van der Waals surface area contributed by atoms with E-state index in [1.165, 1.54) is 17.4 Å². The minimum Gasteiger partial charge on any atom is -0.306 e. The monoisotopic (exact) mass is 337 g/mol. The van der Waals surface area contributed by atoms with Crippen LogP contribution >= 0.6 is 46.1 Å². The van der Waals surface area contributed by atoms with Crippen molar-refractivity contribution < 1.29 is 4.39 Å². The molecule has 1 aromatic carbocycles. The molecule has 0 saturated carbocycles. The first-order valence-electron chi connectivity index (χ1n) is 5.66. The summed E-state index contributed by atoms with van der Waals surface area (Å²) in [5.74, 6) is -0.437. The summed E-state index contributed by atoms with van der Waals surface area (Å²) >= 11 is 19.2. The topological polar surface area (TPSA) is 12.0 Å². The molecule has 0 aliphatic heterocycles. The molecule has 1 aromatic heterocycles. The van der Waals surface area contributed by atoms with Crippen molar-refractivity contribution in [2.24, 2.45) is 0 Å². The highest BCUT2D eigenvalue weighted by molar-refractivity contribution is 7.20. The molecule has 6 heteroatoms. The lowest BCUT2D eigenvalue weighted by Gasteiger charge is -2.19. The van der Waals surface area contributed by atoms with Gasteiger partial charge in [0.05, 0.1) is 19.7 Å². The molecule has 1 N–H and O–H groups in total. The number of benzene rings is 1. The number of nitrogens with one attached hydrogen (secondary N) is 1. The van der Waals surface area contributed by atoms with Gasteiger partial charge in [-0.2, -0.15) is 0 Å². The Morgan fingerprint density at radius 1 is 1.26 bits per heavy atom. The van der Waals surface area contributed by atoms with Crippen LogP contribution in [-0.2, 0) is 0 Å². The van der Waals surface area contributed by atoms with Crippen molar-refractivity contribution in [2.45, 2.75) is 13.0 Å². The molecule has 2 aromatic rings. The first-order valence-corrected chi connectivity index (χ1v) is 7.61. The van der Waals surface area contributed by atoms with Gasteiger partial charge >= 0.3 is 0 Å². The molecule has 0 fully saturated rings. The molecule has 1 unspecified atom stereocenters. The first kappa shape index (κ1) is 15.1. The quantitative estimate of drug-likeness (QED) is 0.771. The van der Waals surface area contributed by atoms with Crippen LogP contribution in [0.5, 0.6) is 0 Å². The number of rotatable bonds is 4. The lowest BCUT2D eigenvalue weighted by Crippen LogP contribution is -2.22. The Morgan fingerprint density at radius 2 is 2.00 bits per heavy atom. The maximum atomic E-state index is 14.2. The van der Waals surface area contributed by atoms with Crippen LogP contribution in [0.4, 0.5) is 4.39 Å². The molecule has 0 amide bonds. The predicted octanol–water partition coefficient (Wildman–Crippen LogP) is 5.55. The third-order valence-corrected chi connectivity index (χ3v) is 4.50. The summed E-state index contributed by atoms with van der Waals surface area (Å²) in [4.78, 5) is 0. The van der Waals surface area contributed by atoms with E-state index in [9.17, 15) is 4.39 Å². The standard InChI is InChI=1S/C13H11Cl3FNS/c1-2-18-12(8-6-10(15)19-13(8)16)7-4-3-5-9(14)11(7)17/h3-6,12,18H,2H2,1H3. The second kappa shape index (κ2) is 6.42. The average molecular weight is 339 g/mol. The Morgan fingerprint density at radius 3 is 2.58 bits per heavy atom. The van der Waals surface area contributed by atoms with E-state index in [2.05, 4.69) is 5.32 Å². The van der Waals surface area contributed by atoms with Gasteiger partial charge in [-0.1, -0.05) is 53.9 Å². The van der Waals surface area contributed by atoms with E-state index in [1.54, 1.807) is 18.2 Å². The summed E-state index contributed by atoms with van der Waals surface area (Å²) in [6.45, 7) is 2.61. The number of hydrogen-bond donors (Lipinski definition) is 1. The number of hydrogen-bond acceptors (Lipinski definition) is 2. The van der Waals surface area contributed by atoms with Crippen LogP contribution < -0.4 is 5.32 Å². The zero-order valence-corrected chi connectivity index (χ0v) is 13.1. The van der Waals surface area contributed by atoms with E-state index in [0.29, 0.717) is 20.8 Å². The summed E-state index contributed by atoms with van der Waals surface area (Å²) in [5.41, 5.74) is 1.23. The van der Waals surface area contributed by atoms with Crippen molar-refractivity contribution in [2.75, 3.05) is 6.54 Å². The Hall–Kier alpha value is -0.320. The fourth-order valence-electron chi connectivity index (χ4n) is 1.88. The van der Waals surface area contributed by atoms with Gasteiger partial charge in [0.1, 0.15) is 5.82 Å². The third kappa shape index (κ3) is 3.23. The van der Waals surface area contributed by atoms with Gasteiger partial charge in [0.15, 0.2) is 0 Å². The van der Waals surface area contributed by atoms with Gasteiger partial charge in [-0.15, -0.1) is 11.3 Å². The molecular weight excluding hydrogens is 328 g/mol. The van der Waals surface area contributed by atoms with Gasteiger partial charge in [-0.3, -0.25) is 0 Å². The van der Waals surface area contributed by atoms with Gasteiger partial charge in [-0.05, 0) is 18.7 Å². The second-order valence-corrected chi connectivity index (χ2v) is 6.61. The minimum atomic E-state index is -0.437. The van der Waals surface area contributed by atoms with E-state index in [0.717, 1.165) is 5.56 Å². The van der Waals surface area contributed by atoms with Crippen LogP contribution in [-0.4, -0.2) is 6.54 Å². The zero-order valence-electron chi connectivity index (χ0n) is 10.0. The molecule has 19 heavy (non-hydrogen) atoms. The molecule has 1 nitrogen and oxygen atoms in total. The van der Waals surface area contributed by atoms with Gasteiger partial charge in [-0.25, -0.2) is 4.39 Å². The normalized spacial score (nSPS) is 12.7. The molecule has 0 radical (unpaired) electrons. The fourth-order valence-corrected chi connectivity index (χ4v) is 3.60. The minimum absolute atomic E-state index is 0.0952. The summed E-state index contributed by atoms with van der Waals surface area (Å²) in [6.07, 6.45) is 0. The van der Waals surface area contributed by atoms with E-state index < -0.39 is 5.82 Å². The van der Waals surface area contributed by atoms with Crippen molar-refractivity contribution in [3.05, 3.63) is 54.9 Å². The lowest BCUT2D eigenvalue weighted by molar-refractivity contribution is 0.560. The Bertz CT molecular complexity index is 585.